The zero-order chi connectivity index (χ0) is 14.1. The van der Waals surface area contributed by atoms with Gasteiger partial charge in [0.2, 0.25) is 5.88 Å². The van der Waals surface area contributed by atoms with Gasteiger partial charge < -0.3 is 9.84 Å². The first kappa shape index (κ1) is 15.3. The van der Waals surface area contributed by atoms with Gasteiger partial charge >= 0.3 is 12.5 Å². The Balaban J connectivity index is 3.31. The third kappa shape index (κ3) is 3.86. The normalized spacial score (nSPS) is 12.7. The Hall–Kier alpha value is -0.780. The third-order valence-corrected chi connectivity index (χ3v) is 2.45. The van der Waals surface area contributed by atoms with Crippen LogP contribution in [0.3, 0.4) is 0 Å². The van der Waals surface area contributed by atoms with Crippen LogP contribution in [0.1, 0.15) is 11.3 Å². The number of alkyl halides is 6. The molecular formula is C8H4F6INO2. The van der Waals surface area contributed by atoms with Crippen LogP contribution in [0.2, 0.25) is 0 Å². The first-order chi connectivity index (χ1) is 8.04. The second-order valence-electron chi connectivity index (χ2n) is 2.99. The lowest BCUT2D eigenvalue weighted by Gasteiger charge is -2.15. The molecule has 0 fully saturated rings. The summed E-state index contributed by atoms with van der Waals surface area (Å²) in [5.74, 6) is -1.20. The zero-order valence-electron chi connectivity index (χ0n) is 8.23. The lowest BCUT2D eigenvalue weighted by Crippen LogP contribution is -2.21. The number of ether oxygens (including phenoxy) is 1. The van der Waals surface area contributed by atoms with E-state index in [9.17, 15) is 26.3 Å². The summed E-state index contributed by atoms with van der Waals surface area (Å²) < 4.78 is 76.3. The average Bonchev–Trinajstić information content (AvgIpc) is 2.16. The smallest absolute Gasteiger partial charge is 0.392 e. The Bertz CT molecular complexity index is 444. The van der Waals surface area contributed by atoms with Crippen molar-refractivity contribution < 1.29 is 36.2 Å². The standard InChI is InChI=1S/C8H4F6INO2/c9-7(10,11)5-3(2-17)1-4(15)6(16-5)18-8(12,13)14/h1,17H,2H2. The van der Waals surface area contributed by atoms with E-state index in [0.29, 0.717) is 0 Å². The SMILES string of the molecule is OCc1cc(I)c(OC(F)(F)F)nc1C(F)(F)F. The van der Waals surface area contributed by atoms with Gasteiger partial charge in [0.15, 0.2) is 5.69 Å². The fourth-order valence-electron chi connectivity index (χ4n) is 1.06. The van der Waals surface area contributed by atoms with Crippen LogP contribution < -0.4 is 4.74 Å². The van der Waals surface area contributed by atoms with E-state index in [0.717, 1.165) is 6.07 Å². The number of aromatic nitrogens is 1. The van der Waals surface area contributed by atoms with Crippen LogP contribution >= 0.6 is 22.6 Å². The fraction of sp³-hybridized carbons (Fsp3) is 0.375. The Morgan fingerprint density at radius 1 is 1.22 bits per heavy atom. The minimum atomic E-state index is -5.14. The lowest BCUT2D eigenvalue weighted by atomic mass is 10.2. The van der Waals surface area contributed by atoms with Gasteiger partial charge in [0.1, 0.15) is 0 Å². The van der Waals surface area contributed by atoms with Crippen molar-refractivity contribution in [2.75, 3.05) is 0 Å². The molecule has 3 nitrogen and oxygen atoms in total. The molecule has 0 aliphatic carbocycles. The van der Waals surface area contributed by atoms with Crippen molar-refractivity contribution in [1.82, 2.24) is 4.98 Å². The molecule has 0 atom stereocenters. The second kappa shape index (κ2) is 5.07. The van der Waals surface area contributed by atoms with E-state index in [1.165, 1.54) is 22.6 Å². The van der Waals surface area contributed by atoms with Gasteiger partial charge in [-0.2, -0.15) is 13.2 Å². The summed E-state index contributed by atoms with van der Waals surface area (Å²) in [5, 5.41) is 8.72. The molecule has 0 saturated carbocycles. The van der Waals surface area contributed by atoms with Crippen molar-refractivity contribution in [3.05, 3.63) is 20.9 Å². The van der Waals surface area contributed by atoms with E-state index in [1.807, 2.05) is 0 Å². The topological polar surface area (TPSA) is 42.4 Å². The van der Waals surface area contributed by atoms with Crippen LogP contribution in [0.5, 0.6) is 5.88 Å². The molecule has 1 heterocycles. The van der Waals surface area contributed by atoms with E-state index in [1.54, 1.807) is 0 Å². The molecule has 0 amide bonds. The fourth-order valence-corrected chi connectivity index (χ4v) is 1.66. The molecule has 0 aromatic carbocycles. The van der Waals surface area contributed by atoms with Crippen LogP contribution in [0.25, 0.3) is 0 Å². The Morgan fingerprint density at radius 3 is 2.17 bits per heavy atom. The number of hydrogen-bond donors (Lipinski definition) is 1. The largest absolute Gasteiger partial charge is 0.574 e. The van der Waals surface area contributed by atoms with E-state index in [-0.39, 0.29) is 3.57 Å². The quantitative estimate of drug-likeness (QED) is 0.627. The molecule has 0 spiro atoms. The molecule has 10 heteroatoms. The van der Waals surface area contributed by atoms with Gasteiger partial charge in [-0.25, -0.2) is 4.98 Å². The molecule has 18 heavy (non-hydrogen) atoms. The molecule has 1 N–H and O–H groups in total. The van der Waals surface area contributed by atoms with Crippen molar-refractivity contribution >= 4 is 22.6 Å². The van der Waals surface area contributed by atoms with Crippen LogP contribution in [0, 0.1) is 3.57 Å². The van der Waals surface area contributed by atoms with Gasteiger partial charge in [-0.15, -0.1) is 13.2 Å². The highest BCUT2D eigenvalue weighted by Crippen LogP contribution is 2.35. The molecular weight excluding hydrogens is 383 g/mol. The Kier molecular flexibility index (Phi) is 4.30. The van der Waals surface area contributed by atoms with Gasteiger partial charge in [0.25, 0.3) is 0 Å². The van der Waals surface area contributed by atoms with Crippen molar-refractivity contribution in [2.24, 2.45) is 0 Å². The maximum Gasteiger partial charge on any atom is 0.574 e. The first-order valence-corrected chi connectivity index (χ1v) is 5.25. The van der Waals surface area contributed by atoms with Crippen LogP contribution in [-0.2, 0) is 12.8 Å². The maximum atomic E-state index is 12.5. The maximum absolute atomic E-state index is 12.5. The molecule has 0 bridgehead atoms. The highest BCUT2D eigenvalue weighted by atomic mass is 127. The van der Waals surface area contributed by atoms with Crippen LogP contribution in [0.4, 0.5) is 26.3 Å². The van der Waals surface area contributed by atoms with E-state index < -0.39 is 36.3 Å². The number of hydrogen-bond acceptors (Lipinski definition) is 3. The number of aliphatic hydroxyl groups is 1. The summed E-state index contributed by atoms with van der Waals surface area (Å²) in [4.78, 5) is 2.76. The Labute approximate surface area is 110 Å². The van der Waals surface area contributed by atoms with Crippen molar-refractivity contribution in [2.45, 2.75) is 19.1 Å². The number of nitrogens with zero attached hydrogens (tertiary/aromatic N) is 1. The van der Waals surface area contributed by atoms with Gasteiger partial charge in [0, 0.05) is 5.56 Å². The average molecular weight is 387 g/mol. The first-order valence-electron chi connectivity index (χ1n) is 4.18. The zero-order valence-corrected chi connectivity index (χ0v) is 10.4. The van der Waals surface area contributed by atoms with Gasteiger partial charge in [0.05, 0.1) is 10.2 Å². The van der Waals surface area contributed by atoms with Crippen molar-refractivity contribution in [1.29, 1.82) is 0 Å². The van der Waals surface area contributed by atoms with E-state index in [4.69, 9.17) is 5.11 Å². The summed E-state index contributed by atoms with van der Waals surface area (Å²) in [6.07, 6.45) is -10.1. The highest BCUT2D eigenvalue weighted by molar-refractivity contribution is 14.1. The number of rotatable bonds is 2. The number of pyridine rings is 1. The molecule has 1 aromatic rings. The lowest BCUT2D eigenvalue weighted by molar-refractivity contribution is -0.276. The summed E-state index contributed by atoms with van der Waals surface area (Å²) >= 11 is 1.33. The minimum Gasteiger partial charge on any atom is -0.392 e. The molecule has 0 saturated heterocycles. The monoisotopic (exact) mass is 387 g/mol. The van der Waals surface area contributed by atoms with Crippen LogP contribution in [0.15, 0.2) is 6.07 Å². The molecule has 1 aromatic heterocycles. The van der Waals surface area contributed by atoms with Crippen molar-refractivity contribution in [3.63, 3.8) is 0 Å². The third-order valence-electron chi connectivity index (χ3n) is 1.67. The summed E-state index contributed by atoms with van der Waals surface area (Å²) in [5.41, 5.74) is -2.23. The van der Waals surface area contributed by atoms with Gasteiger partial charge in [-0.3, -0.25) is 0 Å². The molecule has 1 rings (SSSR count). The van der Waals surface area contributed by atoms with Crippen molar-refractivity contribution in [3.8, 4) is 5.88 Å². The van der Waals surface area contributed by atoms with Gasteiger partial charge in [-0.1, -0.05) is 0 Å². The highest BCUT2D eigenvalue weighted by Gasteiger charge is 2.38. The van der Waals surface area contributed by atoms with Crippen LogP contribution in [-0.4, -0.2) is 16.5 Å². The molecule has 0 radical (unpaired) electrons. The Morgan fingerprint density at radius 2 is 1.78 bits per heavy atom. The molecule has 0 unspecified atom stereocenters. The summed E-state index contributed by atoms with van der Waals surface area (Å²) in [7, 11) is 0. The predicted molar refractivity (Wildman–Crippen MR) is 54.6 cm³/mol. The summed E-state index contributed by atoms with van der Waals surface area (Å²) in [6, 6.07) is 0.734. The van der Waals surface area contributed by atoms with Gasteiger partial charge in [-0.05, 0) is 28.7 Å². The number of aliphatic hydroxyl groups excluding tert-OH is 1. The molecule has 0 aliphatic heterocycles. The van der Waals surface area contributed by atoms with E-state index in [2.05, 4.69) is 9.72 Å². The number of halogens is 7. The predicted octanol–water partition coefficient (Wildman–Crippen LogP) is 3.10. The molecule has 102 valence electrons. The van der Waals surface area contributed by atoms with E-state index >= 15 is 0 Å². The minimum absolute atomic E-state index is 0.290. The second-order valence-corrected chi connectivity index (χ2v) is 4.15. The summed E-state index contributed by atoms with van der Waals surface area (Å²) in [6.45, 7) is -0.996. The molecule has 0 aliphatic rings.